The summed E-state index contributed by atoms with van der Waals surface area (Å²) in [6.45, 7) is 6.47. The number of carbonyl (C=O) groups is 1. The Morgan fingerprint density at radius 3 is 2.79 bits per heavy atom. The predicted molar refractivity (Wildman–Crippen MR) is 56.1 cm³/mol. The average Bonchev–Trinajstić information content (AvgIpc) is 2.67. The summed E-state index contributed by atoms with van der Waals surface area (Å²) in [7, 11) is 0. The zero-order valence-electron chi connectivity index (χ0n) is 9.27. The molecule has 0 saturated carbocycles. The smallest absolute Gasteiger partial charge is 0.313 e. The number of rotatable bonds is 5. The fraction of sp³-hybridized carbons (Fsp3) is 0.909. The highest BCUT2D eigenvalue weighted by Crippen LogP contribution is 2.30. The van der Waals surface area contributed by atoms with Gasteiger partial charge in [-0.1, -0.05) is 20.3 Å². The lowest BCUT2D eigenvalue weighted by atomic mass is 9.84. The molecule has 1 fully saturated rings. The van der Waals surface area contributed by atoms with Crippen LogP contribution in [0.5, 0.6) is 0 Å². The molecule has 0 aromatic rings. The lowest BCUT2D eigenvalue weighted by molar-refractivity contribution is -0.155. The molecule has 1 saturated heterocycles. The molecule has 0 amide bonds. The van der Waals surface area contributed by atoms with E-state index in [0.29, 0.717) is 6.61 Å². The minimum absolute atomic E-state index is 0.00144. The maximum Gasteiger partial charge on any atom is 0.313 e. The molecule has 82 valence electrons. The average molecular weight is 199 g/mol. The monoisotopic (exact) mass is 199 g/mol. The van der Waals surface area contributed by atoms with Gasteiger partial charge in [-0.2, -0.15) is 0 Å². The van der Waals surface area contributed by atoms with Gasteiger partial charge in [0.2, 0.25) is 0 Å². The Labute approximate surface area is 86.2 Å². The van der Waals surface area contributed by atoms with E-state index in [1.54, 1.807) is 0 Å². The van der Waals surface area contributed by atoms with Gasteiger partial charge in [-0.05, 0) is 25.8 Å². The van der Waals surface area contributed by atoms with Gasteiger partial charge in [0.25, 0.3) is 0 Å². The Balaban J connectivity index is 2.40. The van der Waals surface area contributed by atoms with E-state index >= 15 is 0 Å². The maximum atomic E-state index is 11.8. The van der Waals surface area contributed by atoms with Crippen LogP contribution in [0.15, 0.2) is 0 Å². The Kier molecular flexibility index (Phi) is 4.39. The zero-order chi connectivity index (χ0) is 10.4. The molecule has 0 bridgehead atoms. The molecule has 0 aromatic heterocycles. The van der Waals surface area contributed by atoms with Gasteiger partial charge in [-0.15, -0.1) is 0 Å². The summed E-state index contributed by atoms with van der Waals surface area (Å²) in [4.78, 5) is 11.8. The normalized spacial score (nSPS) is 26.4. The predicted octanol–water partition coefficient (Wildman–Crippen LogP) is 1.72. The highest BCUT2D eigenvalue weighted by Gasteiger charge is 2.40. The topological polar surface area (TPSA) is 38.3 Å². The standard InChI is InChI=1S/C11H21NO2/c1-3-5-8-14-10(13)11(4-2)6-7-12-9-11/h12H,3-9H2,1-2H3. The number of ether oxygens (including phenoxy) is 1. The highest BCUT2D eigenvalue weighted by molar-refractivity contribution is 5.77. The molecular formula is C11H21NO2. The molecule has 1 N–H and O–H groups in total. The van der Waals surface area contributed by atoms with Crippen LogP contribution in [-0.2, 0) is 9.53 Å². The van der Waals surface area contributed by atoms with Crippen molar-refractivity contribution in [3.63, 3.8) is 0 Å². The molecule has 3 nitrogen and oxygen atoms in total. The van der Waals surface area contributed by atoms with E-state index in [4.69, 9.17) is 4.74 Å². The first-order chi connectivity index (χ1) is 6.75. The molecule has 1 heterocycles. The van der Waals surface area contributed by atoms with Crippen LogP contribution >= 0.6 is 0 Å². The molecule has 0 aromatic carbocycles. The first kappa shape index (κ1) is 11.5. The van der Waals surface area contributed by atoms with Crippen LogP contribution in [0.3, 0.4) is 0 Å². The molecule has 1 unspecified atom stereocenters. The number of hydrogen-bond donors (Lipinski definition) is 1. The van der Waals surface area contributed by atoms with Crippen LogP contribution in [0, 0.1) is 5.41 Å². The largest absolute Gasteiger partial charge is 0.465 e. The fourth-order valence-corrected chi connectivity index (χ4v) is 1.83. The van der Waals surface area contributed by atoms with Gasteiger partial charge in [-0.25, -0.2) is 0 Å². The summed E-state index contributed by atoms with van der Waals surface area (Å²) in [5.74, 6) is -0.00144. The maximum absolute atomic E-state index is 11.8. The van der Waals surface area contributed by atoms with Crippen molar-refractivity contribution in [3.8, 4) is 0 Å². The minimum Gasteiger partial charge on any atom is -0.465 e. The van der Waals surface area contributed by atoms with Gasteiger partial charge in [0, 0.05) is 6.54 Å². The molecule has 3 heteroatoms. The van der Waals surface area contributed by atoms with Crippen LogP contribution in [-0.4, -0.2) is 25.7 Å². The molecule has 14 heavy (non-hydrogen) atoms. The Morgan fingerprint density at radius 2 is 2.29 bits per heavy atom. The van der Waals surface area contributed by atoms with Crippen molar-refractivity contribution in [1.82, 2.24) is 5.32 Å². The van der Waals surface area contributed by atoms with E-state index in [0.717, 1.165) is 38.8 Å². The molecular weight excluding hydrogens is 178 g/mol. The summed E-state index contributed by atoms with van der Waals surface area (Å²) in [6, 6.07) is 0. The summed E-state index contributed by atoms with van der Waals surface area (Å²) in [5.41, 5.74) is -0.228. The fourth-order valence-electron chi connectivity index (χ4n) is 1.83. The van der Waals surface area contributed by atoms with Crippen molar-refractivity contribution in [2.24, 2.45) is 5.41 Å². The summed E-state index contributed by atoms with van der Waals surface area (Å²) < 4.78 is 5.28. The first-order valence-electron chi connectivity index (χ1n) is 5.63. The second kappa shape index (κ2) is 5.35. The van der Waals surface area contributed by atoms with Gasteiger partial charge in [-0.3, -0.25) is 4.79 Å². The van der Waals surface area contributed by atoms with E-state index in [1.807, 2.05) is 0 Å². The molecule has 0 spiro atoms. The number of esters is 1. The molecule has 0 aliphatic carbocycles. The molecule has 1 rings (SSSR count). The van der Waals surface area contributed by atoms with Crippen molar-refractivity contribution in [1.29, 1.82) is 0 Å². The Bertz CT molecular complexity index is 186. The van der Waals surface area contributed by atoms with Crippen molar-refractivity contribution in [2.75, 3.05) is 19.7 Å². The van der Waals surface area contributed by atoms with Crippen LogP contribution in [0.2, 0.25) is 0 Å². The number of carbonyl (C=O) groups excluding carboxylic acids is 1. The summed E-state index contributed by atoms with van der Waals surface area (Å²) in [6.07, 6.45) is 3.85. The lowest BCUT2D eigenvalue weighted by Crippen LogP contribution is -2.34. The number of hydrogen-bond acceptors (Lipinski definition) is 3. The van der Waals surface area contributed by atoms with Gasteiger partial charge >= 0.3 is 5.97 Å². The molecule has 1 aliphatic heterocycles. The lowest BCUT2D eigenvalue weighted by Gasteiger charge is -2.23. The van der Waals surface area contributed by atoms with Crippen molar-refractivity contribution in [2.45, 2.75) is 39.5 Å². The van der Waals surface area contributed by atoms with Crippen LogP contribution in [0.25, 0.3) is 0 Å². The number of unbranched alkanes of at least 4 members (excludes halogenated alkanes) is 1. The quantitative estimate of drug-likeness (QED) is 0.541. The van der Waals surface area contributed by atoms with Gasteiger partial charge in [0.15, 0.2) is 0 Å². The van der Waals surface area contributed by atoms with E-state index in [1.165, 1.54) is 0 Å². The van der Waals surface area contributed by atoms with Gasteiger partial charge in [0.05, 0.1) is 12.0 Å². The van der Waals surface area contributed by atoms with Crippen LogP contribution in [0.4, 0.5) is 0 Å². The van der Waals surface area contributed by atoms with E-state index < -0.39 is 0 Å². The van der Waals surface area contributed by atoms with E-state index in [2.05, 4.69) is 19.2 Å². The summed E-state index contributed by atoms with van der Waals surface area (Å²) >= 11 is 0. The highest BCUT2D eigenvalue weighted by atomic mass is 16.5. The van der Waals surface area contributed by atoms with Gasteiger partial charge in [0.1, 0.15) is 0 Å². The van der Waals surface area contributed by atoms with Crippen molar-refractivity contribution >= 4 is 5.97 Å². The third kappa shape index (κ3) is 2.47. The molecule has 0 radical (unpaired) electrons. The van der Waals surface area contributed by atoms with Crippen molar-refractivity contribution < 1.29 is 9.53 Å². The van der Waals surface area contributed by atoms with E-state index in [-0.39, 0.29) is 11.4 Å². The number of nitrogens with one attached hydrogen (secondary N) is 1. The molecule has 1 aliphatic rings. The van der Waals surface area contributed by atoms with E-state index in [9.17, 15) is 4.79 Å². The van der Waals surface area contributed by atoms with Crippen LogP contribution < -0.4 is 5.32 Å². The molecule has 1 atom stereocenters. The minimum atomic E-state index is -0.228. The van der Waals surface area contributed by atoms with Crippen molar-refractivity contribution in [3.05, 3.63) is 0 Å². The second-order valence-corrected chi connectivity index (χ2v) is 4.05. The summed E-state index contributed by atoms with van der Waals surface area (Å²) in [5, 5.41) is 3.23. The van der Waals surface area contributed by atoms with Crippen LogP contribution in [0.1, 0.15) is 39.5 Å². The van der Waals surface area contributed by atoms with Gasteiger partial charge < -0.3 is 10.1 Å². The Hall–Kier alpha value is -0.570. The Morgan fingerprint density at radius 1 is 1.50 bits per heavy atom. The third-order valence-corrected chi connectivity index (χ3v) is 3.08. The third-order valence-electron chi connectivity index (χ3n) is 3.08. The second-order valence-electron chi connectivity index (χ2n) is 4.05. The zero-order valence-corrected chi connectivity index (χ0v) is 9.27. The SMILES string of the molecule is CCCCOC(=O)C1(CC)CCNC1. The first-order valence-corrected chi connectivity index (χ1v) is 5.63.